The van der Waals surface area contributed by atoms with Crippen LogP contribution in [0, 0.1) is 6.92 Å². The van der Waals surface area contributed by atoms with Gasteiger partial charge in [0.2, 0.25) is 0 Å². The predicted molar refractivity (Wildman–Crippen MR) is 75.1 cm³/mol. The molecule has 0 spiro atoms. The molecular weight excluding hydrogens is 254 g/mol. The predicted octanol–water partition coefficient (Wildman–Crippen LogP) is 1.77. The van der Waals surface area contributed by atoms with Gasteiger partial charge in [0.15, 0.2) is 0 Å². The van der Waals surface area contributed by atoms with Gasteiger partial charge in [-0.1, -0.05) is 29.8 Å². The molecule has 1 aromatic rings. The Hall–Kier alpha value is -0.520. The third-order valence-corrected chi connectivity index (χ3v) is 4.69. The highest BCUT2D eigenvalue weighted by molar-refractivity contribution is 8.00. The second-order valence-electron chi connectivity index (χ2n) is 4.22. The van der Waals surface area contributed by atoms with Crippen molar-refractivity contribution in [3.05, 3.63) is 35.4 Å². The van der Waals surface area contributed by atoms with Crippen LogP contribution in [-0.2, 0) is 9.84 Å². The zero-order valence-electron chi connectivity index (χ0n) is 10.2. The summed E-state index contributed by atoms with van der Waals surface area (Å²) in [7, 11) is -2.85. The molecule has 0 amide bonds. The molecule has 3 nitrogen and oxygen atoms in total. The minimum absolute atomic E-state index is 0.0276. The lowest BCUT2D eigenvalue weighted by molar-refractivity contribution is 0.603. The second kappa shape index (κ2) is 6.42. The molecular formula is C12H19NO2S2. The van der Waals surface area contributed by atoms with Gasteiger partial charge in [-0.15, -0.1) is 0 Å². The lowest BCUT2D eigenvalue weighted by Crippen LogP contribution is -2.14. The third kappa shape index (κ3) is 6.10. The van der Waals surface area contributed by atoms with Gasteiger partial charge in [-0.25, -0.2) is 8.42 Å². The number of rotatable bonds is 6. The van der Waals surface area contributed by atoms with Gasteiger partial charge in [-0.3, -0.25) is 0 Å². The maximum Gasteiger partial charge on any atom is 0.148 e. The molecule has 0 saturated heterocycles. The largest absolute Gasteiger partial charge is 0.323 e. The van der Waals surface area contributed by atoms with Gasteiger partial charge in [0.25, 0.3) is 0 Å². The SMILES string of the molecule is Cc1ccc(C(N)CSCCS(C)(=O)=O)cc1. The van der Waals surface area contributed by atoms with Gasteiger partial charge in [0.1, 0.15) is 9.84 Å². The van der Waals surface area contributed by atoms with E-state index in [1.54, 1.807) is 11.8 Å². The molecule has 1 unspecified atom stereocenters. The van der Waals surface area contributed by atoms with Gasteiger partial charge in [0.05, 0.1) is 5.75 Å². The monoisotopic (exact) mass is 273 g/mol. The molecule has 1 rings (SSSR count). The molecule has 5 heteroatoms. The first kappa shape index (κ1) is 14.5. The zero-order chi connectivity index (χ0) is 12.9. The van der Waals surface area contributed by atoms with E-state index in [1.165, 1.54) is 11.8 Å². The van der Waals surface area contributed by atoms with E-state index in [4.69, 9.17) is 5.73 Å². The molecule has 17 heavy (non-hydrogen) atoms. The summed E-state index contributed by atoms with van der Waals surface area (Å²) in [5.74, 6) is 1.58. The van der Waals surface area contributed by atoms with E-state index >= 15 is 0 Å². The van der Waals surface area contributed by atoms with Crippen LogP contribution in [-0.4, -0.2) is 31.9 Å². The Balaban J connectivity index is 2.35. The molecule has 0 bridgehead atoms. The number of hydrogen-bond acceptors (Lipinski definition) is 4. The van der Waals surface area contributed by atoms with E-state index in [1.807, 2.05) is 31.2 Å². The molecule has 0 aliphatic rings. The molecule has 2 N–H and O–H groups in total. The average molecular weight is 273 g/mol. The second-order valence-corrected chi connectivity index (χ2v) is 7.63. The van der Waals surface area contributed by atoms with E-state index in [0.717, 1.165) is 11.3 Å². The summed E-state index contributed by atoms with van der Waals surface area (Å²) in [6, 6.07) is 8.10. The van der Waals surface area contributed by atoms with Crippen LogP contribution < -0.4 is 5.73 Å². The van der Waals surface area contributed by atoms with Crippen molar-refractivity contribution in [3.8, 4) is 0 Å². The van der Waals surface area contributed by atoms with Crippen molar-refractivity contribution < 1.29 is 8.42 Å². The highest BCUT2D eigenvalue weighted by Gasteiger charge is 2.07. The van der Waals surface area contributed by atoms with Gasteiger partial charge in [0, 0.05) is 23.8 Å². The summed E-state index contributed by atoms with van der Waals surface area (Å²) in [5, 5.41) is 0. The number of benzene rings is 1. The standard InChI is InChI=1S/C12H19NO2S2/c1-10-3-5-11(6-4-10)12(13)9-16-7-8-17(2,14)15/h3-6,12H,7-9,13H2,1-2H3. The molecule has 0 radical (unpaired) electrons. The van der Waals surface area contributed by atoms with Crippen molar-refractivity contribution in [2.45, 2.75) is 13.0 Å². The van der Waals surface area contributed by atoms with E-state index in [9.17, 15) is 8.42 Å². The van der Waals surface area contributed by atoms with Crippen molar-refractivity contribution in [1.82, 2.24) is 0 Å². The quantitative estimate of drug-likeness (QED) is 0.803. The fraction of sp³-hybridized carbons (Fsp3) is 0.500. The van der Waals surface area contributed by atoms with Crippen LogP contribution in [0.2, 0.25) is 0 Å². The van der Waals surface area contributed by atoms with Crippen LogP contribution in [0.5, 0.6) is 0 Å². The molecule has 96 valence electrons. The Morgan fingerprint density at radius 1 is 1.29 bits per heavy atom. The minimum atomic E-state index is -2.85. The minimum Gasteiger partial charge on any atom is -0.323 e. The van der Waals surface area contributed by atoms with E-state index < -0.39 is 9.84 Å². The van der Waals surface area contributed by atoms with Gasteiger partial charge >= 0.3 is 0 Å². The van der Waals surface area contributed by atoms with E-state index in [-0.39, 0.29) is 11.8 Å². The highest BCUT2D eigenvalue weighted by Crippen LogP contribution is 2.16. The van der Waals surface area contributed by atoms with Crippen molar-refractivity contribution in [1.29, 1.82) is 0 Å². The Morgan fingerprint density at radius 3 is 2.41 bits per heavy atom. The van der Waals surface area contributed by atoms with E-state index in [0.29, 0.717) is 5.75 Å². The van der Waals surface area contributed by atoms with Crippen molar-refractivity contribution in [2.24, 2.45) is 5.73 Å². The molecule has 1 aromatic carbocycles. The highest BCUT2D eigenvalue weighted by atomic mass is 32.2. The summed E-state index contributed by atoms with van der Waals surface area (Å²) in [6.07, 6.45) is 1.26. The zero-order valence-corrected chi connectivity index (χ0v) is 11.9. The van der Waals surface area contributed by atoms with Crippen molar-refractivity contribution >= 4 is 21.6 Å². The number of nitrogens with two attached hydrogens (primary N) is 1. The number of hydrogen-bond donors (Lipinski definition) is 1. The normalized spacial score (nSPS) is 13.6. The Kier molecular flexibility index (Phi) is 5.49. The Labute approximate surface area is 108 Å². The summed E-state index contributed by atoms with van der Waals surface area (Å²) in [5.41, 5.74) is 8.34. The average Bonchev–Trinajstić information content (AvgIpc) is 2.24. The third-order valence-electron chi connectivity index (χ3n) is 2.40. The molecule has 1 atom stereocenters. The first-order chi connectivity index (χ1) is 7.88. The lowest BCUT2D eigenvalue weighted by Gasteiger charge is -2.11. The van der Waals surface area contributed by atoms with Crippen LogP contribution in [0.4, 0.5) is 0 Å². The summed E-state index contributed by atoms with van der Waals surface area (Å²) >= 11 is 1.58. The molecule has 0 aliphatic carbocycles. The van der Waals surface area contributed by atoms with Crippen molar-refractivity contribution in [2.75, 3.05) is 23.5 Å². The van der Waals surface area contributed by atoms with Crippen molar-refractivity contribution in [3.63, 3.8) is 0 Å². The van der Waals surface area contributed by atoms with Crippen LogP contribution in [0.3, 0.4) is 0 Å². The van der Waals surface area contributed by atoms with Gasteiger partial charge in [-0.05, 0) is 12.5 Å². The molecule has 0 aromatic heterocycles. The molecule has 0 fully saturated rings. The number of thioether (sulfide) groups is 1. The van der Waals surface area contributed by atoms with Crippen LogP contribution >= 0.6 is 11.8 Å². The fourth-order valence-electron chi connectivity index (χ4n) is 1.33. The smallest absolute Gasteiger partial charge is 0.148 e. The maximum absolute atomic E-state index is 10.9. The van der Waals surface area contributed by atoms with Gasteiger partial charge < -0.3 is 5.73 Å². The molecule has 0 saturated carbocycles. The summed E-state index contributed by atoms with van der Waals surface area (Å²) < 4.78 is 21.9. The Bertz CT molecular complexity index is 440. The van der Waals surface area contributed by atoms with E-state index in [2.05, 4.69) is 0 Å². The summed E-state index contributed by atoms with van der Waals surface area (Å²) in [6.45, 7) is 2.04. The molecule has 0 heterocycles. The lowest BCUT2D eigenvalue weighted by atomic mass is 10.1. The fourth-order valence-corrected chi connectivity index (χ4v) is 3.63. The maximum atomic E-state index is 10.9. The topological polar surface area (TPSA) is 60.2 Å². The summed E-state index contributed by atoms with van der Waals surface area (Å²) in [4.78, 5) is 0. The Morgan fingerprint density at radius 2 is 1.88 bits per heavy atom. The van der Waals surface area contributed by atoms with Crippen LogP contribution in [0.1, 0.15) is 17.2 Å². The number of aryl methyl sites for hydroxylation is 1. The van der Waals surface area contributed by atoms with Crippen LogP contribution in [0.25, 0.3) is 0 Å². The first-order valence-corrected chi connectivity index (χ1v) is 8.67. The first-order valence-electron chi connectivity index (χ1n) is 5.46. The van der Waals surface area contributed by atoms with Crippen LogP contribution in [0.15, 0.2) is 24.3 Å². The number of sulfone groups is 1. The van der Waals surface area contributed by atoms with Gasteiger partial charge in [-0.2, -0.15) is 11.8 Å². The molecule has 0 aliphatic heterocycles.